The van der Waals surface area contributed by atoms with Gasteiger partial charge >= 0.3 is 5.97 Å². The van der Waals surface area contributed by atoms with Crippen molar-refractivity contribution in [2.45, 2.75) is 11.8 Å². The number of esters is 1. The summed E-state index contributed by atoms with van der Waals surface area (Å²) in [5.41, 5.74) is 1.97. The van der Waals surface area contributed by atoms with E-state index in [-0.39, 0.29) is 21.2 Å². The maximum atomic E-state index is 13.4. The number of aryl methyl sites for hydroxylation is 1. The second-order valence-corrected chi connectivity index (χ2v) is 8.98. The van der Waals surface area contributed by atoms with E-state index >= 15 is 0 Å². The van der Waals surface area contributed by atoms with E-state index < -0.39 is 16.0 Å². The summed E-state index contributed by atoms with van der Waals surface area (Å²) < 4.78 is 39.3. The number of sulfonamides is 1. The number of halogens is 1. The maximum Gasteiger partial charge on any atom is 0.349 e. The summed E-state index contributed by atoms with van der Waals surface area (Å²) in [6, 6.07) is 12.1. The average molecular weight is 452 g/mol. The van der Waals surface area contributed by atoms with Crippen LogP contribution in [0.2, 0.25) is 5.02 Å². The lowest BCUT2D eigenvalue weighted by Crippen LogP contribution is -2.17. The Morgan fingerprint density at radius 2 is 1.83 bits per heavy atom. The largest absolute Gasteiger partial charge is 0.495 e. The molecule has 1 aromatic heterocycles. The zero-order valence-corrected chi connectivity index (χ0v) is 18.2. The smallest absolute Gasteiger partial charge is 0.349 e. The molecule has 3 rings (SSSR count). The van der Waals surface area contributed by atoms with Gasteiger partial charge in [0.1, 0.15) is 15.5 Å². The van der Waals surface area contributed by atoms with Crippen molar-refractivity contribution in [1.82, 2.24) is 0 Å². The molecule has 0 aliphatic heterocycles. The number of rotatable bonds is 6. The van der Waals surface area contributed by atoms with Crippen LogP contribution in [0, 0.1) is 6.92 Å². The minimum Gasteiger partial charge on any atom is -0.495 e. The molecule has 0 aliphatic rings. The van der Waals surface area contributed by atoms with Crippen molar-refractivity contribution in [3.8, 4) is 16.9 Å². The minimum atomic E-state index is -4.16. The number of ether oxygens (including phenoxy) is 2. The van der Waals surface area contributed by atoms with E-state index in [1.165, 1.54) is 20.3 Å². The zero-order chi connectivity index (χ0) is 21.2. The number of carbonyl (C=O) groups is 1. The van der Waals surface area contributed by atoms with Crippen molar-refractivity contribution in [1.29, 1.82) is 0 Å². The molecule has 0 amide bonds. The number of anilines is 1. The number of thiophene rings is 1. The summed E-state index contributed by atoms with van der Waals surface area (Å²) in [6.45, 7) is 1.75. The van der Waals surface area contributed by atoms with Gasteiger partial charge in [-0.2, -0.15) is 0 Å². The number of nitrogens with one attached hydrogen (secondary N) is 1. The Morgan fingerprint density at radius 1 is 1.14 bits per heavy atom. The van der Waals surface area contributed by atoms with E-state index in [1.807, 2.05) is 6.07 Å². The monoisotopic (exact) mass is 451 g/mol. The molecule has 3 aromatic rings. The third kappa shape index (κ3) is 4.24. The first-order chi connectivity index (χ1) is 13.8. The molecule has 0 aliphatic carbocycles. The topological polar surface area (TPSA) is 81.7 Å². The van der Waals surface area contributed by atoms with Crippen LogP contribution in [0.4, 0.5) is 5.69 Å². The quantitative estimate of drug-likeness (QED) is 0.535. The first-order valence-corrected chi connectivity index (χ1v) is 11.1. The van der Waals surface area contributed by atoms with Crippen LogP contribution in [-0.4, -0.2) is 28.6 Å². The predicted molar refractivity (Wildman–Crippen MR) is 115 cm³/mol. The Hall–Kier alpha value is -2.55. The second kappa shape index (κ2) is 8.44. The van der Waals surface area contributed by atoms with Gasteiger partial charge in [0, 0.05) is 22.0 Å². The Bertz CT molecular complexity index is 1160. The van der Waals surface area contributed by atoms with Crippen LogP contribution in [0.15, 0.2) is 52.7 Å². The van der Waals surface area contributed by atoms with E-state index in [0.29, 0.717) is 21.7 Å². The SMILES string of the molecule is COC(=O)c1scc(-c2ccccc2)c1S(=O)(=O)Nc1cc(C)c(Cl)cc1OC. The van der Waals surface area contributed by atoms with Crippen LogP contribution in [0.25, 0.3) is 11.1 Å². The molecule has 0 atom stereocenters. The first-order valence-electron chi connectivity index (χ1n) is 8.40. The molecular formula is C20H18ClNO5S2. The molecule has 9 heteroatoms. The number of carbonyl (C=O) groups excluding carboxylic acids is 1. The summed E-state index contributed by atoms with van der Waals surface area (Å²) in [4.78, 5) is 12.1. The van der Waals surface area contributed by atoms with Crippen LogP contribution in [0.1, 0.15) is 15.2 Å². The van der Waals surface area contributed by atoms with Gasteiger partial charge in [-0.05, 0) is 24.1 Å². The fraction of sp³-hybridized carbons (Fsp3) is 0.150. The highest BCUT2D eigenvalue weighted by atomic mass is 35.5. The fourth-order valence-electron chi connectivity index (χ4n) is 2.77. The molecule has 0 bridgehead atoms. The van der Waals surface area contributed by atoms with Gasteiger partial charge in [0.15, 0.2) is 0 Å². The Morgan fingerprint density at radius 3 is 2.45 bits per heavy atom. The van der Waals surface area contributed by atoms with Crippen LogP contribution < -0.4 is 9.46 Å². The molecule has 0 fully saturated rings. The molecule has 2 aromatic carbocycles. The van der Waals surface area contributed by atoms with Gasteiger partial charge in [-0.25, -0.2) is 13.2 Å². The molecule has 0 saturated heterocycles. The Balaban J connectivity index is 2.17. The van der Waals surface area contributed by atoms with Gasteiger partial charge < -0.3 is 9.47 Å². The molecule has 1 heterocycles. The maximum absolute atomic E-state index is 13.4. The summed E-state index contributed by atoms with van der Waals surface area (Å²) in [6.07, 6.45) is 0. The van der Waals surface area contributed by atoms with Crippen LogP contribution in [0.3, 0.4) is 0 Å². The normalized spacial score (nSPS) is 11.2. The third-order valence-electron chi connectivity index (χ3n) is 4.19. The Kier molecular flexibility index (Phi) is 6.16. The van der Waals surface area contributed by atoms with E-state index in [4.69, 9.17) is 21.1 Å². The van der Waals surface area contributed by atoms with Gasteiger partial charge in [-0.15, -0.1) is 11.3 Å². The van der Waals surface area contributed by atoms with Crippen LogP contribution in [0.5, 0.6) is 5.75 Å². The van der Waals surface area contributed by atoms with Crippen molar-refractivity contribution in [2.75, 3.05) is 18.9 Å². The summed E-state index contributed by atoms with van der Waals surface area (Å²) >= 11 is 7.12. The second-order valence-electron chi connectivity index (χ2n) is 6.07. The van der Waals surface area contributed by atoms with Crippen molar-refractivity contribution >= 4 is 44.6 Å². The number of methoxy groups -OCH3 is 2. The lowest BCUT2D eigenvalue weighted by molar-refractivity contribution is 0.0602. The highest BCUT2D eigenvalue weighted by molar-refractivity contribution is 7.93. The minimum absolute atomic E-state index is 0.0106. The molecule has 1 N–H and O–H groups in total. The summed E-state index contributed by atoms with van der Waals surface area (Å²) in [5.74, 6) is -0.461. The summed E-state index contributed by atoms with van der Waals surface area (Å²) in [5, 5.41) is 2.07. The Labute approximate surface area is 178 Å². The molecule has 152 valence electrons. The van der Waals surface area contributed by atoms with Gasteiger partial charge in [-0.1, -0.05) is 41.9 Å². The van der Waals surface area contributed by atoms with Crippen molar-refractivity contribution < 1.29 is 22.7 Å². The summed E-state index contributed by atoms with van der Waals surface area (Å²) in [7, 11) is -1.54. The van der Waals surface area contributed by atoms with Crippen LogP contribution >= 0.6 is 22.9 Å². The highest BCUT2D eigenvalue weighted by Crippen LogP contribution is 2.38. The average Bonchev–Trinajstić information content (AvgIpc) is 3.16. The van der Waals surface area contributed by atoms with Gasteiger partial charge in [0.05, 0.1) is 19.9 Å². The van der Waals surface area contributed by atoms with Gasteiger partial charge in [0.25, 0.3) is 10.0 Å². The van der Waals surface area contributed by atoms with Crippen molar-refractivity contribution in [2.24, 2.45) is 0 Å². The number of hydrogen-bond acceptors (Lipinski definition) is 6. The predicted octanol–water partition coefficient (Wildman–Crippen LogP) is 4.97. The third-order valence-corrected chi connectivity index (χ3v) is 7.14. The lowest BCUT2D eigenvalue weighted by Gasteiger charge is -2.15. The van der Waals surface area contributed by atoms with E-state index in [0.717, 1.165) is 11.3 Å². The highest BCUT2D eigenvalue weighted by Gasteiger charge is 2.30. The van der Waals surface area contributed by atoms with Crippen molar-refractivity contribution in [3.63, 3.8) is 0 Å². The van der Waals surface area contributed by atoms with Crippen molar-refractivity contribution in [3.05, 3.63) is 63.3 Å². The molecular weight excluding hydrogens is 434 g/mol. The molecule has 0 radical (unpaired) electrons. The van der Waals surface area contributed by atoms with Gasteiger partial charge in [-0.3, -0.25) is 4.72 Å². The standard InChI is InChI=1S/C20H18ClNO5S2/c1-12-9-16(17(26-2)10-15(12)21)22-29(24,25)19-14(13-7-5-4-6-8-13)11-28-18(19)20(23)27-3/h4-11,22H,1-3H3. The number of benzene rings is 2. The van der Waals surface area contributed by atoms with Gasteiger partial charge in [0.2, 0.25) is 0 Å². The van der Waals surface area contributed by atoms with E-state index in [9.17, 15) is 13.2 Å². The number of hydrogen-bond donors (Lipinski definition) is 1. The first kappa shape index (κ1) is 21.2. The lowest BCUT2D eigenvalue weighted by atomic mass is 10.1. The van der Waals surface area contributed by atoms with Crippen LogP contribution in [-0.2, 0) is 14.8 Å². The fourth-order valence-corrected chi connectivity index (χ4v) is 5.70. The zero-order valence-electron chi connectivity index (χ0n) is 15.9. The molecule has 0 unspecified atom stereocenters. The molecule has 0 spiro atoms. The molecule has 0 saturated carbocycles. The molecule has 6 nitrogen and oxygen atoms in total. The van der Waals surface area contributed by atoms with E-state index in [1.54, 1.807) is 42.6 Å². The van der Waals surface area contributed by atoms with E-state index in [2.05, 4.69) is 4.72 Å². The molecule has 29 heavy (non-hydrogen) atoms.